The molecule has 3 heteroatoms. The van der Waals surface area contributed by atoms with Gasteiger partial charge in [0.25, 0.3) is 0 Å². The summed E-state index contributed by atoms with van der Waals surface area (Å²) in [4.78, 5) is 4.71. The van der Waals surface area contributed by atoms with Crippen LogP contribution in [0.4, 0.5) is 0 Å². The molecule has 1 fully saturated rings. The van der Waals surface area contributed by atoms with Crippen LogP contribution in [0, 0.1) is 11.8 Å². The summed E-state index contributed by atoms with van der Waals surface area (Å²) in [5.41, 5.74) is 1.39. The monoisotopic (exact) mass is 288 g/mol. The predicted octanol–water partition coefficient (Wildman–Crippen LogP) is 4.24. The fourth-order valence-corrected chi connectivity index (χ4v) is 4.41. The van der Waals surface area contributed by atoms with E-state index < -0.39 is 0 Å². The molecule has 3 rings (SSSR count). The summed E-state index contributed by atoms with van der Waals surface area (Å²) in [6, 6.07) is 11.3. The molecule has 2 nitrogen and oxygen atoms in total. The maximum atomic E-state index is 4.71. The smallest absolute Gasteiger partial charge is 0.157 e. The second-order valence-corrected chi connectivity index (χ2v) is 7.50. The molecule has 0 bridgehead atoms. The zero-order chi connectivity index (χ0) is 13.9. The first-order valence-corrected chi connectivity index (χ1v) is 8.63. The van der Waals surface area contributed by atoms with Gasteiger partial charge < -0.3 is 5.32 Å². The van der Waals surface area contributed by atoms with Crippen LogP contribution in [-0.4, -0.2) is 17.8 Å². The lowest BCUT2D eigenvalue weighted by atomic mass is 9.80. The van der Waals surface area contributed by atoms with E-state index in [1.165, 1.54) is 24.8 Å². The van der Waals surface area contributed by atoms with Crippen LogP contribution in [0.3, 0.4) is 0 Å². The second-order valence-electron chi connectivity index (χ2n) is 6.31. The predicted molar refractivity (Wildman–Crippen MR) is 88.2 cm³/mol. The third kappa shape index (κ3) is 3.20. The van der Waals surface area contributed by atoms with E-state index in [9.17, 15) is 0 Å². The zero-order valence-corrected chi connectivity index (χ0v) is 13.2. The van der Waals surface area contributed by atoms with Gasteiger partial charge >= 0.3 is 0 Å². The van der Waals surface area contributed by atoms with Crippen LogP contribution in [-0.2, 0) is 0 Å². The molecule has 0 saturated heterocycles. The number of thioether (sulfide) groups is 1. The van der Waals surface area contributed by atoms with Gasteiger partial charge in [0.15, 0.2) is 5.17 Å². The van der Waals surface area contributed by atoms with Crippen molar-refractivity contribution in [3.8, 4) is 0 Å². The van der Waals surface area contributed by atoms with Gasteiger partial charge in [0.05, 0.1) is 11.8 Å². The number of benzene rings is 1. The SMILES string of the molecule is CC1CCC(NC2=NCC(c3ccccc3)S2)C(C)C1. The third-order valence-corrected chi connectivity index (χ3v) is 5.74. The quantitative estimate of drug-likeness (QED) is 0.880. The van der Waals surface area contributed by atoms with Crippen molar-refractivity contribution in [1.82, 2.24) is 5.32 Å². The van der Waals surface area contributed by atoms with Gasteiger partial charge in [-0.1, -0.05) is 55.9 Å². The van der Waals surface area contributed by atoms with E-state index in [0.29, 0.717) is 11.3 Å². The Labute approximate surface area is 126 Å². The molecule has 2 aliphatic rings. The number of rotatable bonds is 2. The first kappa shape index (κ1) is 14.0. The van der Waals surface area contributed by atoms with Gasteiger partial charge in [-0.15, -0.1) is 0 Å². The Morgan fingerprint density at radius 1 is 1.15 bits per heavy atom. The second kappa shape index (κ2) is 6.21. The fraction of sp³-hybridized carbons (Fsp3) is 0.588. The van der Waals surface area contributed by atoms with Crippen molar-refractivity contribution in [3.63, 3.8) is 0 Å². The van der Waals surface area contributed by atoms with E-state index in [2.05, 4.69) is 49.5 Å². The molecule has 1 saturated carbocycles. The van der Waals surface area contributed by atoms with Crippen LogP contribution in [0.2, 0.25) is 0 Å². The van der Waals surface area contributed by atoms with Gasteiger partial charge in [0, 0.05) is 6.04 Å². The molecule has 1 heterocycles. The van der Waals surface area contributed by atoms with E-state index in [4.69, 9.17) is 4.99 Å². The average Bonchev–Trinajstić information content (AvgIpc) is 2.92. The molecule has 4 unspecified atom stereocenters. The highest BCUT2D eigenvalue weighted by Crippen LogP contribution is 2.36. The molecule has 1 aliphatic carbocycles. The Kier molecular flexibility index (Phi) is 4.35. The standard InChI is InChI=1S/C17H24N2S/c1-12-8-9-15(13(2)10-12)19-17-18-11-16(20-17)14-6-4-3-5-7-14/h3-7,12-13,15-16H,8-11H2,1-2H3,(H,18,19). The van der Waals surface area contributed by atoms with Crippen molar-refractivity contribution < 1.29 is 0 Å². The van der Waals surface area contributed by atoms with Crippen molar-refractivity contribution in [2.75, 3.05) is 6.54 Å². The molecule has 1 aliphatic heterocycles. The molecule has 0 aromatic heterocycles. The van der Waals surface area contributed by atoms with E-state index in [0.717, 1.165) is 23.5 Å². The van der Waals surface area contributed by atoms with Gasteiger partial charge in [-0.25, -0.2) is 0 Å². The Bertz CT molecular complexity index is 471. The molecule has 4 atom stereocenters. The van der Waals surface area contributed by atoms with Crippen LogP contribution in [0.25, 0.3) is 0 Å². The van der Waals surface area contributed by atoms with Gasteiger partial charge in [0.1, 0.15) is 0 Å². The van der Waals surface area contributed by atoms with Gasteiger partial charge in [-0.3, -0.25) is 4.99 Å². The number of aliphatic imine (C=N–C) groups is 1. The average molecular weight is 288 g/mol. The van der Waals surface area contributed by atoms with E-state index in [1.54, 1.807) is 0 Å². The molecule has 1 aromatic rings. The summed E-state index contributed by atoms with van der Waals surface area (Å²) in [7, 11) is 0. The molecule has 0 amide bonds. The molecule has 1 N–H and O–H groups in total. The van der Waals surface area contributed by atoms with Crippen LogP contribution >= 0.6 is 11.8 Å². The third-order valence-electron chi connectivity index (χ3n) is 4.57. The van der Waals surface area contributed by atoms with E-state index in [1.807, 2.05) is 11.8 Å². The highest BCUT2D eigenvalue weighted by Gasteiger charge is 2.28. The lowest BCUT2D eigenvalue weighted by Gasteiger charge is -2.33. The highest BCUT2D eigenvalue weighted by atomic mass is 32.2. The van der Waals surface area contributed by atoms with Crippen molar-refractivity contribution in [3.05, 3.63) is 35.9 Å². The maximum absolute atomic E-state index is 4.71. The Balaban J connectivity index is 1.55. The van der Waals surface area contributed by atoms with Crippen molar-refractivity contribution in [2.45, 2.75) is 44.4 Å². The Morgan fingerprint density at radius 2 is 1.95 bits per heavy atom. The van der Waals surface area contributed by atoms with E-state index in [-0.39, 0.29) is 0 Å². The summed E-state index contributed by atoms with van der Waals surface area (Å²) in [6.45, 7) is 5.66. The lowest BCUT2D eigenvalue weighted by molar-refractivity contribution is 0.248. The maximum Gasteiger partial charge on any atom is 0.157 e. The number of hydrogen-bond donors (Lipinski definition) is 1. The molecular formula is C17H24N2S. The van der Waals surface area contributed by atoms with Gasteiger partial charge in [-0.2, -0.15) is 0 Å². The number of amidine groups is 1. The molecule has 1 aromatic carbocycles. The van der Waals surface area contributed by atoms with Crippen molar-refractivity contribution in [1.29, 1.82) is 0 Å². The summed E-state index contributed by atoms with van der Waals surface area (Å²) in [5, 5.41) is 5.36. The van der Waals surface area contributed by atoms with Crippen molar-refractivity contribution >= 4 is 16.9 Å². The molecule has 108 valence electrons. The van der Waals surface area contributed by atoms with E-state index >= 15 is 0 Å². The fourth-order valence-electron chi connectivity index (χ4n) is 3.33. The van der Waals surface area contributed by atoms with Crippen LogP contribution in [0.1, 0.15) is 43.9 Å². The number of nitrogens with zero attached hydrogens (tertiary/aromatic N) is 1. The van der Waals surface area contributed by atoms with Crippen LogP contribution in [0.15, 0.2) is 35.3 Å². The normalized spacial score (nSPS) is 33.8. The topological polar surface area (TPSA) is 24.4 Å². The summed E-state index contributed by atoms with van der Waals surface area (Å²) in [6.07, 6.45) is 3.98. The summed E-state index contributed by atoms with van der Waals surface area (Å²) >= 11 is 1.90. The molecular weight excluding hydrogens is 264 g/mol. The van der Waals surface area contributed by atoms with Crippen LogP contribution < -0.4 is 5.32 Å². The summed E-state index contributed by atoms with van der Waals surface area (Å²) in [5.74, 6) is 1.65. The Hall–Kier alpha value is -0.960. The Morgan fingerprint density at radius 3 is 2.70 bits per heavy atom. The first-order chi connectivity index (χ1) is 9.72. The highest BCUT2D eigenvalue weighted by molar-refractivity contribution is 8.14. The number of hydrogen-bond acceptors (Lipinski definition) is 3. The minimum absolute atomic E-state index is 0.497. The number of nitrogens with one attached hydrogen (secondary N) is 1. The summed E-state index contributed by atoms with van der Waals surface area (Å²) < 4.78 is 0. The van der Waals surface area contributed by atoms with Crippen LogP contribution in [0.5, 0.6) is 0 Å². The zero-order valence-electron chi connectivity index (χ0n) is 12.4. The lowest BCUT2D eigenvalue weighted by Crippen LogP contribution is -2.41. The van der Waals surface area contributed by atoms with Crippen molar-refractivity contribution in [2.24, 2.45) is 16.8 Å². The largest absolute Gasteiger partial charge is 0.362 e. The molecule has 0 radical (unpaired) electrons. The van der Waals surface area contributed by atoms with Gasteiger partial charge in [0.2, 0.25) is 0 Å². The molecule has 20 heavy (non-hydrogen) atoms. The molecule has 0 spiro atoms. The van der Waals surface area contributed by atoms with Gasteiger partial charge in [-0.05, 0) is 36.7 Å². The minimum Gasteiger partial charge on any atom is -0.362 e. The first-order valence-electron chi connectivity index (χ1n) is 7.75. The minimum atomic E-state index is 0.497.